The molecule has 0 spiro atoms. The summed E-state index contributed by atoms with van der Waals surface area (Å²) in [5.41, 5.74) is -0.321. The number of alkyl halides is 2. The third-order valence-electron chi connectivity index (χ3n) is 3.46. The van der Waals surface area contributed by atoms with Crippen LogP contribution in [0.4, 0.5) is 8.78 Å². The van der Waals surface area contributed by atoms with Crippen LogP contribution in [-0.4, -0.2) is 25.0 Å². The molecule has 0 aromatic heterocycles. The maximum absolute atomic E-state index is 12.1. The number of hydrogen-bond acceptors (Lipinski definition) is 4. The van der Waals surface area contributed by atoms with Gasteiger partial charge in [0.05, 0.1) is 12.0 Å². The average molecular weight is 298 g/mol. The van der Waals surface area contributed by atoms with Gasteiger partial charge in [-0.25, -0.2) is 0 Å². The molecule has 0 bridgehead atoms. The molecule has 1 aromatic carbocycles. The third-order valence-corrected chi connectivity index (χ3v) is 3.46. The van der Waals surface area contributed by atoms with Gasteiger partial charge < -0.3 is 9.47 Å². The lowest BCUT2D eigenvalue weighted by Gasteiger charge is -2.13. The van der Waals surface area contributed by atoms with Crippen LogP contribution in [0.3, 0.4) is 0 Å². The van der Waals surface area contributed by atoms with E-state index >= 15 is 0 Å². The van der Waals surface area contributed by atoms with Crippen LogP contribution in [0.15, 0.2) is 24.3 Å². The molecule has 0 saturated heterocycles. The SMILES string of the molecule is CCOC(=O)C1(CC(=O)c2ccc(OC(F)F)cc2)CC1. The van der Waals surface area contributed by atoms with Crippen LogP contribution >= 0.6 is 0 Å². The van der Waals surface area contributed by atoms with Gasteiger partial charge in [-0.15, -0.1) is 0 Å². The fraction of sp³-hybridized carbons (Fsp3) is 0.467. The smallest absolute Gasteiger partial charge is 0.387 e. The Bertz CT molecular complexity index is 521. The summed E-state index contributed by atoms with van der Waals surface area (Å²) in [6.45, 7) is -0.892. The van der Waals surface area contributed by atoms with Gasteiger partial charge in [0.1, 0.15) is 5.75 Å². The van der Waals surface area contributed by atoms with Crippen molar-refractivity contribution in [2.24, 2.45) is 5.41 Å². The second-order valence-corrected chi connectivity index (χ2v) is 5.00. The highest BCUT2D eigenvalue weighted by Gasteiger charge is 2.52. The first-order valence-corrected chi connectivity index (χ1v) is 6.72. The van der Waals surface area contributed by atoms with Crippen molar-refractivity contribution in [3.63, 3.8) is 0 Å². The highest BCUT2D eigenvalue weighted by molar-refractivity contribution is 5.99. The molecule has 0 amide bonds. The summed E-state index contributed by atoms with van der Waals surface area (Å²) in [7, 11) is 0. The monoisotopic (exact) mass is 298 g/mol. The molecule has 0 heterocycles. The molecule has 1 fully saturated rings. The third kappa shape index (κ3) is 3.77. The van der Waals surface area contributed by atoms with Crippen molar-refractivity contribution in [1.82, 2.24) is 0 Å². The van der Waals surface area contributed by atoms with Gasteiger partial charge in [0.15, 0.2) is 5.78 Å². The van der Waals surface area contributed by atoms with E-state index in [4.69, 9.17) is 4.74 Å². The zero-order valence-corrected chi connectivity index (χ0v) is 11.6. The Kier molecular flexibility index (Phi) is 4.55. The first kappa shape index (κ1) is 15.4. The van der Waals surface area contributed by atoms with Gasteiger partial charge in [-0.1, -0.05) is 0 Å². The zero-order chi connectivity index (χ0) is 15.5. The molecule has 6 heteroatoms. The average Bonchev–Trinajstić information content (AvgIpc) is 3.20. The lowest BCUT2D eigenvalue weighted by Crippen LogP contribution is -2.22. The molecule has 0 atom stereocenters. The minimum absolute atomic E-state index is 0.00641. The molecule has 0 aliphatic heterocycles. The molecule has 1 saturated carbocycles. The van der Waals surface area contributed by atoms with Gasteiger partial charge >= 0.3 is 12.6 Å². The number of halogens is 2. The molecular weight excluding hydrogens is 282 g/mol. The number of benzene rings is 1. The van der Waals surface area contributed by atoms with E-state index in [9.17, 15) is 18.4 Å². The maximum atomic E-state index is 12.1. The summed E-state index contributed by atoms with van der Waals surface area (Å²) in [6, 6.07) is 5.45. The lowest BCUT2D eigenvalue weighted by atomic mass is 9.95. The molecule has 0 unspecified atom stereocenters. The molecule has 114 valence electrons. The Morgan fingerprint density at radius 3 is 2.33 bits per heavy atom. The predicted octanol–water partition coefficient (Wildman–Crippen LogP) is 3.20. The Morgan fingerprint density at radius 1 is 1.24 bits per heavy atom. The fourth-order valence-electron chi connectivity index (χ4n) is 2.12. The van der Waals surface area contributed by atoms with E-state index in [1.807, 2.05) is 0 Å². The van der Waals surface area contributed by atoms with Crippen molar-refractivity contribution in [3.8, 4) is 5.75 Å². The van der Waals surface area contributed by atoms with Gasteiger partial charge in [0.25, 0.3) is 0 Å². The number of rotatable bonds is 7. The molecule has 4 nitrogen and oxygen atoms in total. The summed E-state index contributed by atoms with van der Waals surface area (Å²) >= 11 is 0. The summed E-state index contributed by atoms with van der Waals surface area (Å²) in [5.74, 6) is -0.548. The summed E-state index contributed by atoms with van der Waals surface area (Å²) in [6.07, 6.45) is 1.37. The predicted molar refractivity (Wildman–Crippen MR) is 70.3 cm³/mol. The van der Waals surface area contributed by atoms with Crippen LogP contribution in [0.5, 0.6) is 5.75 Å². The highest BCUT2D eigenvalue weighted by Crippen LogP contribution is 2.50. The van der Waals surface area contributed by atoms with Crippen LogP contribution in [0.2, 0.25) is 0 Å². The van der Waals surface area contributed by atoms with Gasteiger partial charge in [0.2, 0.25) is 0 Å². The minimum atomic E-state index is -2.90. The summed E-state index contributed by atoms with van der Waals surface area (Å²) < 4.78 is 33.3. The molecule has 1 aliphatic rings. The van der Waals surface area contributed by atoms with E-state index in [1.165, 1.54) is 24.3 Å². The van der Waals surface area contributed by atoms with E-state index in [-0.39, 0.29) is 30.5 Å². The van der Waals surface area contributed by atoms with Gasteiger partial charge in [-0.05, 0) is 44.0 Å². The number of carbonyl (C=O) groups excluding carboxylic acids is 2. The first-order chi connectivity index (χ1) is 9.97. The molecule has 1 aliphatic carbocycles. The summed E-state index contributed by atoms with van der Waals surface area (Å²) in [5, 5.41) is 0. The topological polar surface area (TPSA) is 52.6 Å². The second kappa shape index (κ2) is 6.20. The van der Waals surface area contributed by atoms with Crippen LogP contribution in [0, 0.1) is 5.41 Å². The maximum Gasteiger partial charge on any atom is 0.387 e. The van der Waals surface area contributed by atoms with Crippen molar-refractivity contribution in [3.05, 3.63) is 29.8 Å². The number of ether oxygens (including phenoxy) is 2. The number of ketones is 1. The number of Topliss-reactive ketones (excluding diaryl/α,β-unsaturated/α-hetero) is 1. The van der Waals surface area contributed by atoms with Crippen LogP contribution in [0.1, 0.15) is 36.5 Å². The molecule has 0 N–H and O–H groups in total. The van der Waals surface area contributed by atoms with Crippen LogP contribution in [0.25, 0.3) is 0 Å². The van der Waals surface area contributed by atoms with Crippen molar-refractivity contribution in [2.75, 3.05) is 6.61 Å². The largest absolute Gasteiger partial charge is 0.466 e. The molecule has 2 rings (SSSR count). The summed E-state index contributed by atoms with van der Waals surface area (Å²) in [4.78, 5) is 23.9. The standard InChI is InChI=1S/C15H16F2O4/c1-2-20-13(19)15(7-8-15)9-12(18)10-3-5-11(6-4-10)21-14(16)17/h3-6,14H,2,7-9H2,1H3. The van der Waals surface area contributed by atoms with Gasteiger partial charge in [0, 0.05) is 12.0 Å². The Labute approximate surface area is 121 Å². The Morgan fingerprint density at radius 2 is 1.86 bits per heavy atom. The molecule has 0 radical (unpaired) electrons. The molecular formula is C15H16F2O4. The van der Waals surface area contributed by atoms with Gasteiger partial charge in [-0.3, -0.25) is 9.59 Å². The van der Waals surface area contributed by atoms with E-state index in [1.54, 1.807) is 6.92 Å². The Balaban J connectivity index is 1.99. The van der Waals surface area contributed by atoms with Crippen molar-refractivity contribution in [1.29, 1.82) is 0 Å². The van der Waals surface area contributed by atoms with Crippen molar-refractivity contribution >= 4 is 11.8 Å². The molecule has 21 heavy (non-hydrogen) atoms. The van der Waals surface area contributed by atoms with Crippen molar-refractivity contribution < 1.29 is 27.8 Å². The van der Waals surface area contributed by atoms with Crippen LogP contribution in [-0.2, 0) is 9.53 Å². The fourth-order valence-corrected chi connectivity index (χ4v) is 2.12. The van der Waals surface area contributed by atoms with Crippen molar-refractivity contribution in [2.45, 2.75) is 32.8 Å². The van der Waals surface area contributed by atoms with Crippen LogP contribution < -0.4 is 4.74 Å². The number of esters is 1. The highest BCUT2D eigenvalue weighted by atomic mass is 19.3. The molecule has 1 aromatic rings. The minimum Gasteiger partial charge on any atom is -0.466 e. The number of carbonyl (C=O) groups is 2. The number of hydrogen-bond donors (Lipinski definition) is 0. The quantitative estimate of drug-likeness (QED) is 0.573. The van der Waals surface area contributed by atoms with E-state index in [0.717, 1.165) is 0 Å². The second-order valence-electron chi connectivity index (χ2n) is 5.00. The normalized spacial score (nSPS) is 15.6. The van der Waals surface area contributed by atoms with E-state index in [2.05, 4.69) is 4.74 Å². The van der Waals surface area contributed by atoms with E-state index < -0.39 is 12.0 Å². The lowest BCUT2D eigenvalue weighted by molar-refractivity contribution is -0.149. The van der Waals surface area contributed by atoms with E-state index in [0.29, 0.717) is 18.4 Å². The Hall–Kier alpha value is -1.98. The zero-order valence-electron chi connectivity index (χ0n) is 11.6. The first-order valence-electron chi connectivity index (χ1n) is 6.72. The van der Waals surface area contributed by atoms with Gasteiger partial charge in [-0.2, -0.15) is 8.78 Å².